The van der Waals surface area contributed by atoms with Gasteiger partial charge >= 0.3 is 0 Å². The number of hydrogen-bond donors (Lipinski definition) is 0. The molecule has 1 rings (SSSR count). The molecule has 2 atom stereocenters. The summed E-state index contributed by atoms with van der Waals surface area (Å²) in [5, 5.41) is 0. The Morgan fingerprint density at radius 2 is 2.25 bits per heavy atom. The van der Waals surface area contributed by atoms with E-state index in [0.29, 0.717) is 0 Å². The van der Waals surface area contributed by atoms with Gasteiger partial charge in [0.1, 0.15) is 0 Å². The Kier molecular flexibility index (Phi) is 1.58. The van der Waals surface area contributed by atoms with E-state index in [0.717, 1.165) is 18.3 Å². The lowest BCUT2D eigenvalue weighted by Crippen LogP contribution is -1.67. The Labute approximate surface area is 51.3 Å². The van der Waals surface area contributed by atoms with Crippen LogP contribution in [0.5, 0.6) is 0 Å². The molecule has 0 heteroatoms. The van der Waals surface area contributed by atoms with Gasteiger partial charge < -0.3 is 0 Å². The van der Waals surface area contributed by atoms with Gasteiger partial charge in [-0.05, 0) is 12.3 Å². The zero-order valence-electron chi connectivity index (χ0n) is 5.57. The first-order chi connectivity index (χ1) is 3.84. The molecule has 0 bridgehead atoms. The molecule has 0 saturated heterocycles. The molecule has 0 spiro atoms. The molecule has 1 saturated carbocycles. The third kappa shape index (κ3) is 1.26. The predicted molar refractivity (Wildman–Crippen MR) is 35.3 cm³/mol. The van der Waals surface area contributed by atoms with E-state index in [1.54, 1.807) is 0 Å². The van der Waals surface area contributed by atoms with Crippen LogP contribution in [-0.4, -0.2) is 0 Å². The Morgan fingerprint density at radius 3 is 2.62 bits per heavy atom. The third-order valence-electron chi connectivity index (χ3n) is 1.57. The van der Waals surface area contributed by atoms with Crippen LogP contribution in [0.25, 0.3) is 0 Å². The van der Waals surface area contributed by atoms with Crippen LogP contribution in [0, 0.1) is 23.7 Å². The van der Waals surface area contributed by atoms with Gasteiger partial charge in [0.2, 0.25) is 0 Å². The van der Waals surface area contributed by atoms with E-state index >= 15 is 0 Å². The van der Waals surface area contributed by atoms with E-state index in [4.69, 9.17) is 0 Å². The quantitative estimate of drug-likeness (QED) is 0.417. The van der Waals surface area contributed by atoms with Crippen molar-refractivity contribution in [3.63, 3.8) is 0 Å². The van der Waals surface area contributed by atoms with Crippen molar-refractivity contribution in [2.75, 3.05) is 0 Å². The fraction of sp³-hybridized carbons (Fsp3) is 0.750. The maximum Gasteiger partial charge on any atom is 0.0231 e. The Balaban J connectivity index is 2.21. The van der Waals surface area contributed by atoms with E-state index < -0.39 is 0 Å². The Morgan fingerprint density at radius 1 is 1.62 bits per heavy atom. The monoisotopic (exact) mass is 108 g/mol. The smallest absolute Gasteiger partial charge is 0.0231 e. The average Bonchev–Trinajstić information content (AvgIpc) is 2.42. The predicted octanol–water partition coefficient (Wildman–Crippen LogP) is 2.06. The lowest BCUT2D eigenvalue weighted by Gasteiger charge is -1.73. The van der Waals surface area contributed by atoms with E-state index in [-0.39, 0.29) is 0 Å². The van der Waals surface area contributed by atoms with Crippen molar-refractivity contribution in [1.82, 2.24) is 0 Å². The molecule has 0 radical (unpaired) electrons. The summed E-state index contributed by atoms with van der Waals surface area (Å²) in [7, 11) is 0. The molecule has 0 nitrogen and oxygen atoms in total. The zero-order chi connectivity index (χ0) is 5.98. The van der Waals surface area contributed by atoms with Crippen molar-refractivity contribution >= 4 is 0 Å². The summed E-state index contributed by atoms with van der Waals surface area (Å²) in [5.41, 5.74) is 0. The summed E-state index contributed by atoms with van der Waals surface area (Å²) in [6, 6.07) is 0. The van der Waals surface area contributed by atoms with Crippen LogP contribution in [0.2, 0.25) is 0 Å². The second-order valence-corrected chi connectivity index (χ2v) is 2.49. The van der Waals surface area contributed by atoms with Crippen molar-refractivity contribution in [2.45, 2.75) is 26.7 Å². The van der Waals surface area contributed by atoms with Crippen molar-refractivity contribution < 1.29 is 0 Å². The second-order valence-electron chi connectivity index (χ2n) is 2.49. The maximum absolute atomic E-state index is 3.21. The third-order valence-corrected chi connectivity index (χ3v) is 1.57. The summed E-state index contributed by atoms with van der Waals surface area (Å²) >= 11 is 0. The maximum atomic E-state index is 3.21. The molecule has 0 amide bonds. The highest BCUT2D eigenvalue weighted by Crippen LogP contribution is 2.36. The summed E-state index contributed by atoms with van der Waals surface area (Å²) in [4.78, 5) is 0. The fourth-order valence-electron chi connectivity index (χ4n) is 0.756. The topological polar surface area (TPSA) is 0 Å². The van der Waals surface area contributed by atoms with Crippen LogP contribution in [-0.2, 0) is 0 Å². The van der Waals surface area contributed by atoms with Crippen LogP contribution in [0.1, 0.15) is 26.7 Å². The van der Waals surface area contributed by atoms with Crippen LogP contribution >= 0.6 is 0 Å². The first-order valence-corrected chi connectivity index (χ1v) is 3.33. The molecule has 0 heterocycles. The summed E-state index contributed by atoms with van der Waals surface area (Å²) < 4.78 is 0. The molecule has 44 valence electrons. The number of hydrogen-bond acceptors (Lipinski definition) is 0. The van der Waals surface area contributed by atoms with Crippen molar-refractivity contribution in [1.29, 1.82) is 0 Å². The molecule has 0 aromatic carbocycles. The van der Waals surface area contributed by atoms with Crippen LogP contribution < -0.4 is 0 Å². The normalized spacial score (nSPS) is 33.2. The summed E-state index contributed by atoms with van der Waals surface area (Å²) in [6.07, 6.45) is 2.36. The Hall–Kier alpha value is -0.440. The highest BCUT2D eigenvalue weighted by atomic mass is 14.3. The molecular weight excluding hydrogens is 96.1 g/mol. The van der Waals surface area contributed by atoms with Gasteiger partial charge in [0, 0.05) is 12.3 Å². The van der Waals surface area contributed by atoms with Gasteiger partial charge in [-0.1, -0.05) is 19.8 Å². The first kappa shape index (κ1) is 5.69. The molecule has 0 aromatic rings. The molecule has 1 aliphatic rings. The van der Waals surface area contributed by atoms with Gasteiger partial charge in [-0.3, -0.25) is 0 Å². The highest BCUT2D eigenvalue weighted by Gasteiger charge is 2.30. The van der Waals surface area contributed by atoms with Gasteiger partial charge in [-0.2, -0.15) is 0 Å². The molecule has 1 aliphatic carbocycles. The second kappa shape index (κ2) is 2.22. The molecule has 0 aliphatic heterocycles. The molecule has 0 N–H and O–H groups in total. The minimum absolute atomic E-state index is 0.759. The summed E-state index contributed by atoms with van der Waals surface area (Å²) in [5.74, 6) is 7.95. The largest absolute Gasteiger partial charge is 0.103 e. The van der Waals surface area contributed by atoms with Gasteiger partial charge in [0.15, 0.2) is 0 Å². The van der Waals surface area contributed by atoms with E-state index in [2.05, 4.69) is 25.7 Å². The van der Waals surface area contributed by atoms with Crippen molar-refractivity contribution in [2.24, 2.45) is 11.8 Å². The Bertz CT molecular complexity index is 125. The van der Waals surface area contributed by atoms with Crippen molar-refractivity contribution in [3.8, 4) is 11.8 Å². The van der Waals surface area contributed by atoms with Gasteiger partial charge in [0.05, 0.1) is 0 Å². The fourth-order valence-corrected chi connectivity index (χ4v) is 0.756. The molecule has 0 aromatic heterocycles. The highest BCUT2D eigenvalue weighted by molar-refractivity contribution is 5.11. The van der Waals surface area contributed by atoms with Gasteiger partial charge in [-0.25, -0.2) is 0 Å². The number of rotatable bonds is 0. The van der Waals surface area contributed by atoms with E-state index in [1.807, 2.05) is 0 Å². The van der Waals surface area contributed by atoms with Crippen LogP contribution in [0.3, 0.4) is 0 Å². The summed E-state index contributed by atoms with van der Waals surface area (Å²) in [6.45, 7) is 4.36. The van der Waals surface area contributed by atoms with E-state index in [9.17, 15) is 0 Å². The standard InChI is InChI=1S/C8H12/c1-3-4-5-8-6-7(8)2/h7-8H,3,6H2,1-2H3. The molecule has 2 unspecified atom stereocenters. The SMILES string of the molecule is CCC#CC1CC1C. The van der Waals surface area contributed by atoms with E-state index in [1.165, 1.54) is 6.42 Å². The minimum Gasteiger partial charge on any atom is -0.103 e. The lowest BCUT2D eigenvalue weighted by atomic mass is 10.3. The van der Waals surface area contributed by atoms with Crippen LogP contribution in [0.4, 0.5) is 0 Å². The average molecular weight is 108 g/mol. The van der Waals surface area contributed by atoms with Crippen molar-refractivity contribution in [3.05, 3.63) is 0 Å². The lowest BCUT2D eigenvalue weighted by molar-refractivity contribution is 0.916. The minimum atomic E-state index is 0.759. The first-order valence-electron chi connectivity index (χ1n) is 3.33. The van der Waals surface area contributed by atoms with Gasteiger partial charge in [-0.15, -0.1) is 5.92 Å². The zero-order valence-corrected chi connectivity index (χ0v) is 5.57. The molecular formula is C8H12. The molecule has 1 fully saturated rings. The van der Waals surface area contributed by atoms with Crippen LogP contribution in [0.15, 0.2) is 0 Å². The molecule has 8 heavy (non-hydrogen) atoms. The van der Waals surface area contributed by atoms with Gasteiger partial charge in [0.25, 0.3) is 0 Å².